The normalized spacial score (nSPS) is 13.7. The van der Waals surface area contributed by atoms with Gasteiger partial charge < -0.3 is 5.32 Å². The lowest BCUT2D eigenvalue weighted by Gasteiger charge is -2.15. The Bertz CT molecular complexity index is 935. The van der Waals surface area contributed by atoms with E-state index < -0.39 is 5.82 Å². The van der Waals surface area contributed by atoms with Crippen LogP contribution in [0.15, 0.2) is 36.5 Å². The van der Waals surface area contributed by atoms with Crippen LogP contribution in [0, 0.1) is 12.7 Å². The number of hydrogen-bond donors (Lipinski definition) is 1. The van der Waals surface area contributed by atoms with E-state index in [0.717, 1.165) is 42.1 Å². The van der Waals surface area contributed by atoms with E-state index in [9.17, 15) is 4.39 Å². The van der Waals surface area contributed by atoms with Gasteiger partial charge in [-0.1, -0.05) is 17.7 Å². The molecule has 0 saturated carbocycles. The second kappa shape index (κ2) is 6.58. The van der Waals surface area contributed by atoms with Crippen molar-refractivity contribution in [2.45, 2.75) is 26.3 Å². The molecule has 0 saturated heterocycles. The number of nitrogens with one attached hydrogen (secondary N) is 1. The van der Waals surface area contributed by atoms with Crippen molar-refractivity contribution < 1.29 is 4.39 Å². The molecule has 0 bridgehead atoms. The number of hydrogen-bond acceptors (Lipinski definition) is 3. The predicted molar refractivity (Wildman–Crippen MR) is 95.7 cm³/mol. The summed E-state index contributed by atoms with van der Waals surface area (Å²) in [6.45, 7) is 3.88. The van der Waals surface area contributed by atoms with Gasteiger partial charge in [0.15, 0.2) is 0 Å². The highest BCUT2D eigenvalue weighted by Crippen LogP contribution is 2.23. The van der Waals surface area contributed by atoms with Gasteiger partial charge in [0.05, 0.1) is 22.1 Å². The lowest BCUT2D eigenvalue weighted by Crippen LogP contribution is -2.24. The molecule has 0 aliphatic carbocycles. The van der Waals surface area contributed by atoms with E-state index in [0.29, 0.717) is 6.42 Å². The number of aromatic nitrogens is 3. The number of aryl methyl sites for hydroxylation is 1. The first-order valence-corrected chi connectivity index (χ1v) is 8.67. The largest absolute Gasteiger partial charge is 0.312 e. The minimum Gasteiger partial charge on any atom is -0.312 e. The van der Waals surface area contributed by atoms with E-state index in [1.54, 1.807) is 18.3 Å². The van der Waals surface area contributed by atoms with E-state index in [2.05, 4.69) is 10.3 Å². The molecule has 1 N–H and O–H groups in total. The summed E-state index contributed by atoms with van der Waals surface area (Å²) in [7, 11) is 0. The molecule has 6 heteroatoms. The topological polar surface area (TPSA) is 42.7 Å². The maximum Gasteiger partial charge on any atom is 0.141 e. The van der Waals surface area contributed by atoms with Gasteiger partial charge in [-0.25, -0.2) is 9.07 Å². The van der Waals surface area contributed by atoms with Crippen molar-refractivity contribution >= 4 is 11.6 Å². The van der Waals surface area contributed by atoms with Crippen LogP contribution in [-0.4, -0.2) is 21.3 Å². The minimum absolute atomic E-state index is 0.137. The van der Waals surface area contributed by atoms with Gasteiger partial charge in [-0.3, -0.25) is 4.98 Å². The molecule has 3 heterocycles. The third-order valence-corrected chi connectivity index (χ3v) is 4.83. The molecule has 1 aromatic carbocycles. The summed E-state index contributed by atoms with van der Waals surface area (Å²) in [5.74, 6) is -0.403. The Labute approximate surface area is 150 Å². The lowest BCUT2D eigenvalue weighted by molar-refractivity contribution is 0.622. The molecule has 0 atom stereocenters. The molecule has 1 aliphatic rings. The molecule has 0 unspecified atom stereocenters. The van der Waals surface area contributed by atoms with Crippen molar-refractivity contribution in [2.24, 2.45) is 0 Å². The molecule has 25 heavy (non-hydrogen) atoms. The molecule has 0 amide bonds. The average Bonchev–Trinajstić information content (AvgIpc) is 2.96. The summed E-state index contributed by atoms with van der Waals surface area (Å²) in [5, 5.41) is 8.24. The van der Waals surface area contributed by atoms with Gasteiger partial charge in [-0.15, -0.1) is 0 Å². The van der Waals surface area contributed by atoms with Crippen LogP contribution in [0.25, 0.3) is 5.69 Å². The zero-order valence-corrected chi connectivity index (χ0v) is 14.6. The molecule has 128 valence electrons. The van der Waals surface area contributed by atoms with Crippen LogP contribution in [0.4, 0.5) is 4.39 Å². The second-order valence-electron chi connectivity index (χ2n) is 6.28. The van der Waals surface area contributed by atoms with Gasteiger partial charge in [0.25, 0.3) is 0 Å². The Kier molecular flexibility index (Phi) is 4.27. The van der Waals surface area contributed by atoms with E-state index in [1.165, 1.54) is 17.3 Å². The van der Waals surface area contributed by atoms with Crippen LogP contribution < -0.4 is 5.32 Å². The molecular formula is C19H18ClFN4. The minimum atomic E-state index is -0.403. The summed E-state index contributed by atoms with van der Waals surface area (Å²) in [5.41, 5.74) is 6.44. The van der Waals surface area contributed by atoms with Crippen LogP contribution >= 0.6 is 11.6 Å². The lowest BCUT2D eigenvalue weighted by atomic mass is 10.1. The number of halogens is 2. The summed E-state index contributed by atoms with van der Waals surface area (Å²) < 4.78 is 15.3. The molecule has 3 aromatic rings. The highest BCUT2D eigenvalue weighted by Gasteiger charge is 2.19. The fourth-order valence-electron chi connectivity index (χ4n) is 3.28. The van der Waals surface area contributed by atoms with Gasteiger partial charge in [0.1, 0.15) is 5.82 Å². The number of nitrogens with zero attached hydrogens (tertiary/aromatic N) is 3. The Balaban J connectivity index is 1.67. The summed E-state index contributed by atoms with van der Waals surface area (Å²) in [6, 6.07) is 8.78. The Hall–Kier alpha value is -2.24. The van der Waals surface area contributed by atoms with Crippen molar-refractivity contribution in [3.63, 3.8) is 0 Å². The second-order valence-corrected chi connectivity index (χ2v) is 6.69. The molecule has 0 spiro atoms. The molecule has 0 radical (unpaired) electrons. The first-order chi connectivity index (χ1) is 12.1. The highest BCUT2D eigenvalue weighted by molar-refractivity contribution is 6.30. The van der Waals surface area contributed by atoms with Crippen LogP contribution in [0.1, 0.15) is 28.2 Å². The van der Waals surface area contributed by atoms with Gasteiger partial charge in [0, 0.05) is 43.4 Å². The predicted octanol–water partition coefficient (Wildman–Crippen LogP) is 3.60. The van der Waals surface area contributed by atoms with E-state index in [1.807, 2.05) is 23.7 Å². The van der Waals surface area contributed by atoms with E-state index >= 15 is 0 Å². The van der Waals surface area contributed by atoms with Crippen LogP contribution in [0.3, 0.4) is 0 Å². The first-order valence-electron chi connectivity index (χ1n) is 8.29. The van der Waals surface area contributed by atoms with Crippen LogP contribution in [0.5, 0.6) is 0 Å². The van der Waals surface area contributed by atoms with Gasteiger partial charge in [-0.2, -0.15) is 5.10 Å². The standard InChI is InChI=1S/C19H18ClFN4/c1-12-16-11-22-6-5-19(16)25(24-12)15-4-7-23-14(10-15)8-13-2-3-18(21)17(20)9-13/h2-4,7,9-10,22H,5-6,8,11H2,1H3. The molecule has 4 rings (SSSR count). The maximum atomic E-state index is 13.3. The molecule has 0 fully saturated rings. The van der Waals surface area contributed by atoms with Crippen molar-refractivity contribution in [1.29, 1.82) is 0 Å². The molecular weight excluding hydrogens is 339 g/mol. The fraction of sp³-hybridized carbons (Fsp3) is 0.263. The SMILES string of the molecule is Cc1nn(-c2ccnc(Cc3ccc(F)c(Cl)c3)c2)c2c1CNCC2. The van der Waals surface area contributed by atoms with Gasteiger partial charge in [0.2, 0.25) is 0 Å². The third kappa shape index (κ3) is 3.17. The van der Waals surface area contributed by atoms with Crippen molar-refractivity contribution in [3.8, 4) is 5.69 Å². The van der Waals surface area contributed by atoms with E-state index in [-0.39, 0.29) is 5.02 Å². The Morgan fingerprint density at radius 1 is 1.28 bits per heavy atom. The van der Waals surface area contributed by atoms with E-state index in [4.69, 9.17) is 16.7 Å². The number of rotatable bonds is 3. The maximum absolute atomic E-state index is 13.3. The number of fused-ring (bicyclic) bond motifs is 1. The van der Waals surface area contributed by atoms with Crippen molar-refractivity contribution in [3.05, 3.63) is 75.6 Å². The van der Waals surface area contributed by atoms with Crippen LogP contribution in [0.2, 0.25) is 5.02 Å². The number of pyridine rings is 1. The molecule has 1 aliphatic heterocycles. The first kappa shape index (κ1) is 16.2. The zero-order valence-electron chi connectivity index (χ0n) is 13.9. The fourth-order valence-corrected chi connectivity index (χ4v) is 3.48. The average molecular weight is 357 g/mol. The Morgan fingerprint density at radius 3 is 3.00 bits per heavy atom. The number of benzene rings is 1. The highest BCUT2D eigenvalue weighted by atomic mass is 35.5. The molecule has 2 aromatic heterocycles. The quantitative estimate of drug-likeness (QED) is 0.779. The van der Waals surface area contributed by atoms with Gasteiger partial charge >= 0.3 is 0 Å². The molecule has 4 nitrogen and oxygen atoms in total. The van der Waals surface area contributed by atoms with Crippen molar-refractivity contribution in [2.75, 3.05) is 6.54 Å². The third-order valence-electron chi connectivity index (χ3n) is 4.55. The Morgan fingerprint density at radius 2 is 2.16 bits per heavy atom. The summed E-state index contributed by atoms with van der Waals surface area (Å²) in [4.78, 5) is 4.44. The van der Waals surface area contributed by atoms with Crippen LogP contribution in [-0.2, 0) is 19.4 Å². The monoisotopic (exact) mass is 356 g/mol. The summed E-state index contributed by atoms with van der Waals surface area (Å²) in [6.07, 6.45) is 3.35. The smallest absolute Gasteiger partial charge is 0.141 e. The summed E-state index contributed by atoms with van der Waals surface area (Å²) >= 11 is 5.87. The zero-order chi connectivity index (χ0) is 17.4. The van der Waals surface area contributed by atoms with Gasteiger partial charge in [-0.05, 0) is 36.8 Å². The van der Waals surface area contributed by atoms with Crippen molar-refractivity contribution in [1.82, 2.24) is 20.1 Å².